The minimum absolute atomic E-state index is 0.0189. The Kier molecular flexibility index (Phi) is 5.29. The first-order chi connectivity index (χ1) is 13.0. The SMILES string of the molecule is Cc1cc(C(=O)N2CCN(CC(=O)NC(C)(C)C)CC2)c2c(=O)[nH]n(C)c2n1. The first kappa shape index (κ1) is 20.1. The third kappa shape index (κ3) is 4.24. The maximum absolute atomic E-state index is 13.1. The fourth-order valence-electron chi connectivity index (χ4n) is 3.49. The number of piperazine rings is 1. The predicted molar refractivity (Wildman–Crippen MR) is 106 cm³/mol. The number of aromatic nitrogens is 3. The summed E-state index contributed by atoms with van der Waals surface area (Å²) in [6.07, 6.45) is 0. The van der Waals surface area contributed by atoms with E-state index >= 15 is 0 Å². The molecule has 0 aromatic carbocycles. The zero-order chi connectivity index (χ0) is 20.6. The molecule has 0 bridgehead atoms. The van der Waals surface area contributed by atoms with E-state index in [1.807, 2.05) is 25.7 Å². The van der Waals surface area contributed by atoms with Gasteiger partial charge in [0.25, 0.3) is 11.5 Å². The normalized spacial score (nSPS) is 15.8. The van der Waals surface area contributed by atoms with Gasteiger partial charge in [0.05, 0.1) is 17.5 Å². The highest BCUT2D eigenvalue weighted by molar-refractivity contribution is 6.05. The van der Waals surface area contributed by atoms with E-state index < -0.39 is 0 Å². The maximum atomic E-state index is 13.1. The van der Waals surface area contributed by atoms with Crippen LogP contribution in [-0.4, -0.2) is 74.6 Å². The van der Waals surface area contributed by atoms with Crippen LogP contribution >= 0.6 is 0 Å². The number of carbonyl (C=O) groups is 2. The highest BCUT2D eigenvalue weighted by Crippen LogP contribution is 2.17. The average molecular weight is 388 g/mol. The van der Waals surface area contributed by atoms with E-state index in [-0.39, 0.29) is 22.9 Å². The summed E-state index contributed by atoms with van der Waals surface area (Å²) in [5.41, 5.74) is 0.963. The molecule has 0 radical (unpaired) electrons. The van der Waals surface area contributed by atoms with Gasteiger partial charge in [-0.2, -0.15) is 0 Å². The van der Waals surface area contributed by atoms with E-state index in [9.17, 15) is 14.4 Å². The number of fused-ring (bicyclic) bond motifs is 1. The second kappa shape index (κ2) is 7.38. The summed E-state index contributed by atoms with van der Waals surface area (Å²) < 4.78 is 1.53. The van der Waals surface area contributed by atoms with Crippen molar-refractivity contribution in [3.05, 3.63) is 27.7 Å². The van der Waals surface area contributed by atoms with Crippen molar-refractivity contribution < 1.29 is 9.59 Å². The van der Waals surface area contributed by atoms with E-state index in [2.05, 4.69) is 15.4 Å². The number of H-pyrrole nitrogens is 1. The number of amides is 2. The molecule has 2 aromatic rings. The van der Waals surface area contributed by atoms with Gasteiger partial charge >= 0.3 is 0 Å². The number of hydrogen-bond donors (Lipinski definition) is 2. The van der Waals surface area contributed by atoms with Crippen LogP contribution in [0.15, 0.2) is 10.9 Å². The molecule has 1 saturated heterocycles. The summed E-state index contributed by atoms with van der Waals surface area (Å²) in [4.78, 5) is 45.6. The van der Waals surface area contributed by atoms with Crippen LogP contribution in [0.25, 0.3) is 11.0 Å². The average Bonchev–Trinajstić information content (AvgIpc) is 2.86. The summed E-state index contributed by atoms with van der Waals surface area (Å²) >= 11 is 0. The Morgan fingerprint density at radius 2 is 1.86 bits per heavy atom. The van der Waals surface area contributed by atoms with Crippen molar-refractivity contribution in [3.8, 4) is 0 Å². The van der Waals surface area contributed by atoms with E-state index in [4.69, 9.17) is 0 Å². The Balaban J connectivity index is 1.70. The van der Waals surface area contributed by atoms with Gasteiger partial charge in [-0.1, -0.05) is 0 Å². The van der Waals surface area contributed by atoms with Crippen molar-refractivity contribution in [3.63, 3.8) is 0 Å². The molecule has 1 aliphatic rings. The van der Waals surface area contributed by atoms with Gasteiger partial charge in [0.2, 0.25) is 5.91 Å². The standard InChI is InChI=1S/C19H28N6O3/c1-12-10-13(15-16(20-12)23(5)22-17(15)27)18(28)25-8-6-24(7-9-25)11-14(26)21-19(2,3)4/h10H,6-9,11H2,1-5H3,(H,21,26)(H,22,27). The largest absolute Gasteiger partial charge is 0.350 e. The molecule has 1 aliphatic heterocycles. The van der Waals surface area contributed by atoms with Gasteiger partial charge in [-0.05, 0) is 33.8 Å². The molecule has 9 nitrogen and oxygen atoms in total. The minimum atomic E-state index is -0.314. The highest BCUT2D eigenvalue weighted by atomic mass is 16.2. The summed E-state index contributed by atoms with van der Waals surface area (Å²) in [5, 5.41) is 5.94. The Hall–Kier alpha value is -2.68. The lowest BCUT2D eigenvalue weighted by atomic mass is 10.1. The highest BCUT2D eigenvalue weighted by Gasteiger charge is 2.27. The van der Waals surface area contributed by atoms with Crippen LogP contribution in [0, 0.1) is 6.92 Å². The lowest BCUT2D eigenvalue weighted by Gasteiger charge is -2.35. The second-order valence-electron chi connectivity index (χ2n) is 8.38. The topological polar surface area (TPSA) is 103 Å². The lowest BCUT2D eigenvalue weighted by molar-refractivity contribution is -0.124. The molecule has 0 atom stereocenters. The molecular weight excluding hydrogens is 360 g/mol. The third-order valence-corrected chi connectivity index (χ3v) is 4.71. The van der Waals surface area contributed by atoms with Crippen molar-refractivity contribution in [1.82, 2.24) is 29.9 Å². The van der Waals surface area contributed by atoms with Gasteiger partial charge in [-0.3, -0.25) is 29.1 Å². The number of aromatic amines is 1. The number of pyridine rings is 1. The molecule has 28 heavy (non-hydrogen) atoms. The molecule has 0 aliphatic carbocycles. The van der Waals surface area contributed by atoms with Crippen LogP contribution in [0.1, 0.15) is 36.8 Å². The molecule has 152 valence electrons. The minimum Gasteiger partial charge on any atom is -0.350 e. The number of rotatable bonds is 3. The molecule has 0 saturated carbocycles. The van der Waals surface area contributed by atoms with Crippen molar-refractivity contribution in [1.29, 1.82) is 0 Å². The third-order valence-electron chi connectivity index (χ3n) is 4.71. The van der Waals surface area contributed by atoms with Gasteiger partial charge in [-0.25, -0.2) is 4.98 Å². The van der Waals surface area contributed by atoms with E-state index in [1.165, 1.54) is 4.68 Å². The van der Waals surface area contributed by atoms with E-state index in [0.717, 1.165) is 0 Å². The van der Waals surface area contributed by atoms with E-state index in [0.29, 0.717) is 55.0 Å². The fourth-order valence-corrected chi connectivity index (χ4v) is 3.49. The summed E-state index contributed by atoms with van der Waals surface area (Å²) in [6, 6.07) is 1.67. The van der Waals surface area contributed by atoms with Crippen molar-refractivity contribution in [2.75, 3.05) is 32.7 Å². The van der Waals surface area contributed by atoms with Gasteiger partial charge in [0.1, 0.15) is 0 Å². The van der Waals surface area contributed by atoms with Crippen LogP contribution in [0.5, 0.6) is 0 Å². The molecule has 2 amide bonds. The van der Waals surface area contributed by atoms with Crippen LogP contribution in [0.3, 0.4) is 0 Å². The van der Waals surface area contributed by atoms with Crippen LogP contribution < -0.4 is 10.9 Å². The van der Waals surface area contributed by atoms with Crippen molar-refractivity contribution in [2.24, 2.45) is 7.05 Å². The van der Waals surface area contributed by atoms with Gasteiger partial charge in [-0.15, -0.1) is 0 Å². The maximum Gasteiger partial charge on any atom is 0.274 e. The van der Waals surface area contributed by atoms with Crippen molar-refractivity contribution >= 4 is 22.8 Å². The zero-order valence-electron chi connectivity index (χ0n) is 17.1. The number of hydrogen-bond acceptors (Lipinski definition) is 5. The molecule has 3 heterocycles. The van der Waals surface area contributed by atoms with Gasteiger partial charge < -0.3 is 10.2 Å². The van der Waals surface area contributed by atoms with Gasteiger partial charge in [0.15, 0.2) is 5.65 Å². The fraction of sp³-hybridized carbons (Fsp3) is 0.579. The number of carbonyl (C=O) groups excluding carboxylic acids is 2. The second-order valence-corrected chi connectivity index (χ2v) is 8.38. The molecule has 2 N–H and O–H groups in total. The quantitative estimate of drug-likeness (QED) is 0.784. The molecule has 0 spiro atoms. The number of nitrogens with zero attached hydrogens (tertiary/aromatic N) is 4. The van der Waals surface area contributed by atoms with E-state index in [1.54, 1.807) is 24.9 Å². The van der Waals surface area contributed by atoms with Crippen molar-refractivity contribution in [2.45, 2.75) is 33.2 Å². The van der Waals surface area contributed by atoms with Crippen LogP contribution in [0.4, 0.5) is 0 Å². The molecule has 1 fully saturated rings. The molecule has 2 aromatic heterocycles. The summed E-state index contributed by atoms with van der Waals surface area (Å²) in [7, 11) is 1.70. The van der Waals surface area contributed by atoms with Gasteiger partial charge in [0, 0.05) is 44.5 Å². The Morgan fingerprint density at radius 1 is 1.21 bits per heavy atom. The van der Waals surface area contributed by atoms with Crippen LogP contribution in [-0.2, 0) is 11.8 Å². The monoisotopic (exact) mass is 388 g/mol. The molecular formula is C19H28N6O3. The molecule has 0 unspecified atom stereocenters. The first-order valence-electron chi connectivity index (χ1n) is 9.44. The molecule has 9 heteroatoms. The predicted octanol–water partition coefficient (Wildman–Crippen LogP) is 0.243. The first-order valence-corrected chi connectivity index (χ1v) is 9.44. The summed E-state index contributed by atoms with van der Waals surface area (Å²) in [5.74, 6) is -0.194. The zero-order valence-corrected chi connectivity index (χ0v) is 17.1. The number of aryl methyl sites for hydroxylation is 2. The number of nitrogens with one attached hydrogen (secondary N) is 2. The Bertz CT molecular complexity index is 960. The Morgan fingerprint density at radius 3 is 2.46 bits per heavy atom. The smallest absolute Gasteiger partial charge is 0.274 e. The molecule has 3 rings (SSSR count). The Labute approximate surface area is 163 Å². The summed E-state index contributed by atoms with van der Waals surface area (Å²) in [6.45, 7) is 10.2. The van der Waals surface area contributed by atoms with Crippen LogP contribution in [0.2, 0.25) is 0 Å². The lowest BCUT2D eigenvalue weighted by Crippen LogP contribution is -2.52.